The number of carbonyl (C=O) groups excluding carboxylic acids is 2. The van der Waals surface area contributed by atoms with Gasteiger partial charge in [0, 0.05) is 31.2 Å². The smallest absolute Gasteiger partial charge is 0.325 e. The predicted molar refractivity (Wildman–Crippen MR) is 84.7 cm³/mol. The van der Waals surface area contributed by atoms with Gasteiger partial charge in [0.1, 0.15) is 6.54 Å². The van der Waals surface area contributed by atoms with E-state index in [0.29, 0.717) is 19.6 Å². The van der Waals surface area contributed by atoms with Crippen LogP contribution in [0.5, 0.6) is 0 Å². The molecule has 0 saturated carbocycles. The summed E-state index contributed by atoms with van der Waals surface area (Å²) in [7, 11) is 1.56. The number of rotatable bonds is 6. The van der Waals surface area contributed by atoms with Crippen molar-refractivity contribution in [3.63, 3.8) is 0 Å². The van der Waals surface area contributed by atoms with Gasteiger partial charge in [-0.25, -0.2) is 4.79 Å². The number of amides is 2. The molecule has 2 N–H and O–H groups in total. The number of fused-ring (bicyclic) bond motifs is 1. The molecule has 1 heterocycles. The minimum absolute atomic E-state index is 0.0495. The summed E-state index contributed by atoms with van der Waals surface area (Å²) in [5.41, 5.74) is 2.15. The molecule has 0 radical (unpaired) electrons. The number of para-hydroxylation sites is 1. The van der Waals surface area contributed by atoms with Crippen molar-refractivity contribution in [2.24, 2.45) is 0 Å². The van der Waals surface area contributed by atoms with Gasteiger partial charge < -0.3 is 19.9 Å². The number of urea groups is 1. The fourth-order valence-electron chi connectivity index (χ4n) is 2.18. The molecule has 6 heteroatoms. The van der Waals surface area contributed by atoms with Crippen molar-refractivity contribution in [2.75, 3.05) is 26.7 Å². The van der Waals surface area contributed by atoms with Gasteiger partial charge in [-0.15, -0.1) is 0 Å². The first kappa shape index (κ1) is 15.9. The van der Waals surface area contributed by atoms with Crippen molar-refractivity contribution in [1.82, 2.24) is 15.2 Å². The second-order valence-corrected chi connectivity index (χ2v) is 5.02. The molecule has 2 amide bonds. The number of hydrogen-bond donors (Lipinski definition) is 2. The Balaban J connectivity index is 1.77. The van der Waals surface area contributed by atoms with Gasteiger partial charge >= 0.3 is 12.0 Å². The van der Waals surface area contributed by atoms with Crippen LogP contribution in [0, 0.1) is 0 Å². The zero-order valence-corrected chi connectivity index (χ0v) is 12.9. The van der Waals surface area contributed by atoms with Crippen LogP contribution in [0.15, 0.2) is 30.3 Å². The molecule has 0 unspecified atom stereocenters. The lowest BCUT2D eigenvalue weighted by Crippen LogP contribution is -2.41. The summed E-state index contributed by atoms with van der Waals surface area (Å²) in [6, 6.07) is 9.82. The fourth-order valence-corrected chi connectivity index (χ4v) is 2.18. The minimum Gasteiger partial charge on any atom is -0.465 e. The van der Waals surface area contributed by atoms with Crippen LogP contribution in [0.4, 0.5) is 4.79 Å². The highest BCUT2D eigenvalue weighted by Gasteiger charge is 2.12. The summed E-state index contributed by atoms with van der Waals surface area (Å²) < 4.78 is 4.80. The average Bonchev–Trinajstić information content (AvgIpc) is 2.89. The number of aromatic nitrogens is 1. The lowest BCUT2D eigenvalue weighted by molar-refractivity contribution is -0.143. The zero-order chi connectivity index (χ0) is 15.9. The molecule has 0 saturated heterocycles. The Hall–Kier alpha value is -2.50. The number of aromatic amines is 1. The topological polar surface area (TPSA) is 74.4 Å². The Morgan fingerprint density at radius 3 is 2.82 bits per heavy atom. The van der Waals surface area contributed by atoms with E-state index in [2.05, 4.69) is 16.4 Å². The van der Waals surface area contributed by atoms with Crippen LogP contribution in [0.3, 0.4) is 0 Å². The number of likely N-dealkylation sites (N-methyl/N-ethyl adjacent to an activating group) is 1. The van der Waals surface area contributed by atoms with E-state index >= 15 is 0 Å². The molecule has 1 aromatic carbocycles. The fraction of sp³-hybridized carbons (Fsp3) is 0.375. The molecule has 0 bridgehead atoms. The van der Waals surface area contributed by atoms with Crippen molar-refractivity contribution < 1.29 is 14.3 Å². The summed E-state index contributed by atoms with van der Waals surface area (Å²) in [5.74, 6) is -0.407. The number of nitrogens with zero attached hydrogens (tertiary/aromatic N) is 1. The van der Waals surface area contributed by atoms with Gasteiger partial charge in [0.05, 0.1) is 6.61 Å². The molecule has 2 rings (SSSR count). The average molecular weight is 303 g/mol. The van der Waals surface area contributed by atoms with E-state index in [0.717, 1.165) is 16.6 Å². The molecule has 0 atom stereocenters. The van der Waals surface area contributed by atoms with Crippen LogP contribution >= 0.6 is 0 Å². The molecule has 1 aromatic heterocycles. The minimum atomic E-state index is -0.407. The van der Waals surface area contributed by atoms with Crippen molar-refractivity contribution in [2.45, 2.75) is 13.3 Å². The quantitative estimate of drug-likeness (QED) is 0.801. The number of esters is 1. The van der Waals surface area contributed by atoms with E-state index in [1.54, 1.807) is 14.0 Å². The first-order chi connectivity index (χ1) is 10.6. The molecule has 0 spiro atoms. The third kappa shape index (κ3) is 4.25. The molecule has 22 heavy (non-hydrogen) atoms. The number of ether oxygens (including phenoxy) is 1. The van der Waals surface area contributed by atoms with Crippen molar-refractivity contribution >= 4 is 22.9 Å². The standard InChI is InChI=1S/C16H21N3O3/c1-3-22-15(20)11-19(2)16(21)17-9-8-13-10-12-6-4-5-7-14(12)18-13/h4-7,10,18H,3,8-9,11H2,1-2H3,(H,17,21). The maximum atomic E-state index is 11.8. The molecule has 0 aliphatic carbocycles. The van der Waals surface area contributed by atoms with Gasteiger partial charge in [-0.05, 0) is 24.4 Å². The molecule has 2 aromatic rings. The third-order valence-corrected chi connectivity index (χ3v) is 3.27. The van der Waals surface area contributed by atoms with Gasteiger partial charge in [-0.2, -0.15) is 0 Å². The first-order valence-electron chi connectivity index (χ1n) is 7.31. The van der Waals surface area contributed by atoms with Crippen LogP contribution in [-0.4, -0.2) is 48.6 Å². The number of H-pyrrole nitrogens is 1. The number of nitrogens with one attached hydrogen (secondary N) is 2. The molecule has 0 fully saturated rings. The summed E-state index contributed by atoms with van der Waals surface area (Å²) in [6.45, 7) is 2.50. The number of benzene rings is 1. The Kier molecular flexibility index (Phi) is 5.41. The maximum Gasteiger partial charge on any atom is 0.325 e. The molecular weight excluding hydrogens is 282 g/mol. The third-order valence-electron chi connectivity index (χ3n) is 3.27. The monoisotopic (exact) mass is 303 g/mol. The van der Waals surface area contributed by atoms with E-state index in [4.69, 9.17) is 4.74 Å². The van der Waals surface area contributed by atoms with Crippen molar-refractivity contribution in [3.8, 4) is 0 Å². The normalized spacial score (nSPS) is 10.5. The summed E-state index contributed by atoms with van der Waals surface area (Å²) >= 11 is 0. The van der Waals surface area contributed by atoms with Gasteiger partial charge in [0.2, 0.25) is 0 Å². The van der Waals surface area contributed by atoms with Crippen LogP contribution in [0.25, 0.3) is 10.9 Å². The molecular formula is C16H21N3O3. The van der Waals surface area contributed by atoms with Gasteiger partial charge in [0.25, 0.3) is 0 Å². The van der Waals surface area contributed by atoms with Crippen LogP contribution in [-0.2, 0) is 16.0 Å². The van der Waals surface area contributed by atoms with Gasteiger partial charge in [0.15, 0.2) is 0 Å². The second-order valence-electron chi connectivity index (χ2n) is 5.02. The SMILES string of the molecule is CCOC(=O)CN(C)C(=O)NCCc1cc2ccccc2[nH]1. The van der Waals surface area contributed by atoms with E-state index in [-0.39, 0.29) is 12.6 Å². The Labute approximate surface area is 129 Å². The Morgan fingerprint density at radius 2 is 2.09 bits per heavy atom. The largest absolute Gasteiger partial charge is 0.465 e. The van der Waals surface area contributed by atoms with Crippen molar-refractivity contribution in [1.29, 1.82) is 0 Å². The summed E-state index contributed by atoms with van der Waals surface area (Å²) in [6.07, 6.45) is 0.702. The van der Waals surface area contributed by atoms with Gasteiger partial charge in [-0.1, -0.05) is 18.2 Å². The zero-order valence-electron chi connectivity index (χ0n) is 12.9. The van der Waals surface area contributed by atoms with Crippen LogP contribution in [0.2, 0.25) is 0 Å². The van der Waals surface area contributed by atoms with Crippen LogP contribution in [0.1, 0.15) is 12.6 Å². The highest BCUT2D eigenvalue weighted by Crippen LogP contribution is 2.14. The predicted octanol–water partition coefficient (Wildman–Crippen LogP) is 1.91. The van der Waals surface area contributed by atoms with E-state index in [1.165, 1.54) is 4.90 Å². The maximum absolute atomic E-state index is 11.8. The molecule has 0 aliphatic rings. The lowest BCUT2D eigenvalue weighted by Gasteiger charge is -2.16. The van der Waals surface area contributed by atoms with E-state index in [1.807, 2.05) is 24.3 Å². The molecule has 6 nitrogen and oxygen atoms in total. The number of hydrogen-bond acceptors (Lipinski definition) is 3. The lowest BCUT2D eigenvalue weighted by atomic mass is 10.2. The van der Waals surface area contributed by atoms with Crippen LogP contribution < -0.4 is 5.32 Å². The van der Waals surface area contributed by atoms with Crippen molar-refractivity contribution in [3.05, 3.63) is 36.0 Å². The Bertz CT molecular complexity index is 618. The summed E-state index contributed by atoms with van der Waals surface area (Å²) in [5, 5.41) is 3.94. The van der Waals surface area contributed by atoms with E-state index in [9.17, 15) is 9.59 Å². The highest BCUT2D eigenvalue weighted by molar-refractivity contribution is 5.81. The Morgan fingerprint density at radius 1 is 1.32 bits per heavy atom. The van der Waals surface area contributed by atoms with Gasteiger partial charge in [-0.3, -0.25) is 4.79 Å². The molecule has 118 valence electrons. The molecule has 0 aliphatic heterocycles. The first-order valence-corrected chi connectivity index (χ1v) is 7.31. The van der Waals surface area contributed by atoms with E-state index < -0.39 is 5.97 Å². The second kappa shape index (κ2) is 7.49. The summed E-state index contributed by atoms with van der Waals surface area (Å²) in [4.78, 5) is 27.8. The number of carbonyl (C=O) groups is 2. The highest BCUT2D eigenvalue weighted by atomic mass is 16.5.